The van der Waals surface area contributed by atoms with Gasteiger partial charge in [0.15, 0.2) is 0 Å². The third-order valence-electron chi connectivity index (χ3n) is 0.963. The molecule has 0 rings (SSSR count). The predicted octanol–water partition coefficient (Wildman–Crippen LogP) is 1.30. The van der Waals surface area contributed by atoms with Gasteiger partial charge in [-0.1, -0.05) is 6.92 Å². The first-order valence-electron chi connectivity index (χ1n) is 2.88. The summed E-state index contributed by atoms with van der Waals surface area (Å²) in [4.78, 5) is 12.3. The fourth-order valence-corrected chi connectivity index (χ4v) is 0.437. The van der Waals surface area contributed by atoms with Gasteiger partial charge in [-0.05, 0) is 6.42 Å². The van der Waals surface area contributed by atoms with Gasteiger partial charge in [0, 0.05) is 20.5 Å². The molecule has 0 aliphatic heterocycles. The molecule has 0 atom stereocenters. The molecule has 0 aliphatic rings. The molecule has 0 N–H and O–H groups in total. The Bertz CT molecular complexity index is 83.1. The summed E-state index contributed by atoms with van der Waals surface area (Å²) in [5.74, 6) is 0.215. The Morgan fingerprint density at radius 1 is 1.44 bits per heavy atom. The van der Waals surface area contributed by atoms with Crippen molar-refractivity contribution in [2.24, 2.45) is 0 Å². The van der Waals surface area contributed by atoms with Crippen molar-refractivity contribution in [3.05, 3.63) is 0 Å². The fourth-order valence-electron chi connectivity index (χ4n) is 0.437. The van der Waals surface area contributed by atoms with Gasteiger partial charge in [0.05, 0.1) is 0 Å². The lowest BCUT2D eigenvalue weighted by atomic mass is 10.3. The third-order valence-corrected chi connectivity index (χ3v) is 0.963. The lowest BCUT2D eigenvalue weighted by Crippen LogP contribution is -2.20. The van der Waals surface area contributed by atoms with Crippen molar-refractivity contribution < 1.29 is 4.79 Å². The standard InChI is InChI=1S/C6H13NO.ClH/c1-4-5-6(8)7(2)3;/h4-5H2,1-3H3;1H. The van der Waals surface area contributed by atoms with Crippen LogP contribution in [-0.4, -0.2) is 24.9 Å². The van der Waals surface area contributed by atoms with Crippen molar-refractivity contribution in [1.82, 2.24) is 4.90 Å². The van der Waals surface area contributed by atoms with Crippen LogP contribution in [0.3, 0.4) is 0 Å². The second kappa shape index (κ2) is 5.89. The van der Waals surface area contributed by atoms with E-state index in [0.717, 1.165) is 6.42 Å². The molecule has 2 nitrogen and oxygen atoms in total. The zero-order chi connectivity index (χ0) is 6.57. The Hall–Kier alpha value is -0.240. The highest BCUT2D eigenvalue weighted by atomic mass is 35.5. The van der Waals surface area contributed by atoms with E-state index in [-0.39, 0.29) is 18.3 Å². The number of hydrogen-bond donors (Lipinski definition) is 0. The molecule has 0 fully saturated rings. The second-order valence-electron chi connectivity index (χ2n) is 2.04. The van der Waals surface area contributed by atoms with Crippen LogP contribution < -0.4 is 0 Å². The van der Waals surface area contributed by atoms with Crippen molar-refractivity contribution in [3.8, 4) is 0 Å². The summed E-state index contributed by atoms with van der Waals surface area (Å²) in [6, 6.07) is 0. The smallest absolute Gasteiger partial charge is 0.222 e. The number of nitrogens with zero attached hydrogens (tertiary/aromatic N) is 1. The maximum absolute atomic E-state index is 10.7. The lowest BCUT2D eigenvalue weighted by Gasteiger charge is -2.07. The fraction of sp³-hybridized carbons (Fsp3) is 0.833. The minimum absolute atomic E-state index is 0. The van der Waals surface area contributed by atoms with E-state index in [4.69, 9.17) is 0 Å². The molecule has 9 heavy (non-hydrogen) atoms. The van der Waals surface area contributed by atoms with Crippen molar-refractivity contribution >= 4 is 18.3 Å². The first kappa shape index (κ1) is 11.5. The normalized spacial score (nSPS) is 7.89. The van der Waals surface area contributed by atoms with Crippen molar-refractivity contribution in [2.45, 2.75) is 19.8 Å². The van der Waals surface area contributed by atoms with Crippen LogP contribution >= 0.6 is 12.4 Å². The van der Waals surface area contributed by atoms with Gasteiger partial charge < -0.3 is 4.90 Å². The van der Waals surface area contributed by atoms with Crippen LogP contribution in [0.2, 0.25) is 0 Å². The molecule has 0 bridgehead atoms. The minimum Gasteiger partial charge on any atom is -0.349 e. The molecule has 0 saturated heterocycles. The highest BCUT2D eigenvalue weighted by Gasteiger charge is 1.98. The summed E-state index contributed by atoms with van der Waals surface area (Å²) in [7, 11) is 3.55. The number of carbonyl (C=O) groups excluding carboxylic acids is 1. The first-order valence-corrected chi connectivity index (χ1v) is 2.88. The minimum atomic E-state index is 0. The average Bonchev–Trinajstić information content (AvgIpc) is 1.67. The quantitative estimate of drug-likeness (QED) is 0.583. The van der Waals surface area contributed by atoms with Gasteiger partial charge in [-0.2, -0.15) is 0 Å². The largest absolute Gasteiger partial charge is 0.349 e. The van der Waals surface area contributed by atoms with Gasteiger partial charge >= 0.3 is 0 Å². The van der Waals surface area contributed by atoms with Crippen molar-refractivity contribution in [3.63, 3.8) is 0 Å². The Morgan fingerprint density at radius 3 is 2.00 bits per heavy atom. The van der Waals surface area contributed by atoms with Gasteiger partial charge in [0.1, 0.15) is 0 Å². The van der Waals surface area contributed by atoms with E-state index in [1.165, 1.54) is 0 Å². The predicted molar refractivity (Wildman–Crippen MR) is 40.9 cm³/mol. The summed E-state index contributed by atoms with van der Waals surface area (Å²) < 4.78 is 0. The van der Waals surface area contributed by atoms with E-state index in [1.807, 2.05) is 6.92 Å². The molecule has 0 radical (unpaired) electrons. The number of amides is 1. The molecule has 1 amide bonds. The van der Waals surface area contributed by atoms with Gasteiger partial charge in [-0.25, -0.2) is 0 Å². The van der Waals surface area contributed by atoms with Crippen molar-refractivity contribution in [2.75, 3.05) is 14.1 Å². The molecular formula is C6H14ClNO. The van der Waals surface area contributed by atoms with E-state index in [1.54, 1.807) is 19.0 Å². The third kappa shape index (κ3) is 5.63. The molecule has 0 aromatic carbocycles. The summed E-state index contributed by atoms with van der Waals surface area (Å²) in [5, 5.41) is 0. The number of rotatable bonds is 2. The topological polar surface area (TPSA) is 20.3 Å². The van der Waals surface area contributed by atoms with Crippen LogP contribution in [0, 0.1) is 0 Å². The van der Waals surface area contributed by atoms with E-state index in [0.29, 0.717) is 6.42 Å². The van der Waals surface area contributed by atoms with Crippen molar-refractivity contribution in [1.29, 1.82) is 0 Å². The van der Waals surface area contributed by atoms with Crippen LogP contribution in [0.1, 0.15) is 19.8 Å². The van der Waals surface area contributed by atoms with E-state index >= 15 is 0 Å². The highest BCUT2D eigenvalue weighted by Crippen LogP contribution is 1.89. The molecule has 3 heteroatoms. The van der Waals surface area contributed by atoms with Crippen LogP contribution in [0.25, 0.3) is 0 Å². The maximum atomic E-state index is 10.7. The summed E-state index contributed by atoms with van der Waals surface area (Å²) in [5.41, 5.74) is 0. The lowest BCUT2D eigenvalue weighted by molar-refractivity contribution is -0.128. The number of hydrogen-bond acceptors (Lipinski definition) is 1. The highest BCUT2D eigenvalue weighted by molar-refractivity contribution is 5.85. The van der Waals surface area contributed by atoms with Crippen LogP contribution in [-0.2, 0) is 4.79 Å². The molecule has 0 aromatic heterocycles. The molecule has 0 aromatic rings. The van der Waals surface area contributed by atoms with E-state index < -0.39 is 0 Å². The molecule has 0 unspecified atom stereocenters. The zero-order valence-corrected chi connectivity index (χ0v) is 6.99. The summed E-state index contributed by atoms with van der Waals surface area (Å²) in [6.07, 6.45) is 1.62. The SMILES string of the molecule is CCCC(=O)N(C)C.Cl. The maximum Gasteiger partial charge on any atom is 0.222 e. The molecule has 0 heterocycles. The molecule has 56 valence electrons. The molecule has 0 saturated carbocycles. The van der Waals surface area contributed by atoms with Gasteiger partial charge in [0.25, 0.3) is 0 Å². The van der Waals surface area contributed by atoms with Crippen LogP contribution in [0.4, 0.5) is 0 Å². The van der Waals surface area contributed by atoms with E-state index in [2.05, 4.69) is 0 Å². The molecule has 0 spiro atoms. The Balaban J connectivity index is 0. The van der Waals surface area contributed by atoms with Gasteiger partial charge in [-0.15, -0.1) is 12.4 Å². The van der Waals surface area contributed by atoms with Crippen LogP contribution in [0.15, 0.2) is 0 Å². The molecular weight excluding hydrogens is 138 g/mol. The Kier molecular flexibility index (Phi) is 7.55. The second-order valence-corrected chi connectivity index (χ2v) is 2.04. The zero-order valence-electron chi connectivity index (χ0n) is 6.18. The Labute approximate surface area is 62.6 Å². The molecule has 0 aliphatic carbocycles. The van der Waals surface area contributed by atoms with E-state index in [9.17, 15) is 4.79 Å². The first-order chi connectivity index (χ1) is 3.68. The average molecular weight is 152 g/mol. The van der Waals surface area contributed by atoms with Gasteiger partial charge in [0.2, 0.25) is 5.91 Å². The summed E-state index contributed by atoms with van der Waals surface area (Å²) >= 11 is 0. The van der Waals surface area contributed by atoms with Crippen LogP contribution in [0.5, 0.6) is 0 Å². The summed E-state index contributed by atoms with van der Waals surface area (Å²) in [6.45, 7) is 2.00. The monoisotopic (exact) mass is 151 g/mol. The number of carbonyl (C=O) groups is 1. The Morgan fingerprint density at radius 2 is 1.89 bits per heavy atom. The van der Waals surface area contributed by atoms with Gasteiger partial charge in [-0.3, -0.25) is 4.79 Å². The number of halogens is 1.